The lowest BCUT2D eigenvalue weighted by molar-refractivity contribution is 0.623. The first-order valence-electron chi connectivity index (χ1n) is 12.8. The Morgan fingerprint density at radius 2 is 0.529 bits per heavy atom. The lowest BCUT2D eigenvalue weighted by Gasteiger charge is -2.16. The third-order valence-electron chi connectivity index (χ3n) is 6.59. The number of rotatable bonds is 13. The van der Waals surface area contributed by atoms with E-state index in [0.29, 0.717) is 0 Å². The Balaban J connectivity index is 1.21. The molecule has 0 fully saturated rings. The van der Waals surface area contributed by atoms with E-state index >= 15 is 0 Å². The molecule has 0 aliphatic heterocycles. The Hall–Kier alpha value is -2.69. The summed E-state index contributed by atoms with van der Waals surface area (Å²) in [6.07, 6.45) is 8.17. The normalized spacial score (nSPS) is 11.2. The molecule has 0 aliphatic carbocycles. The van der Waals surface area contributed by atoms with Crippen LogP contribution in [0.1, 0.15) is 38.5 Å². The van der Waals surface area contributed by atoms with Crippen LogP contribution in [-0.2, 0) is 0 Å². The molecule has 2 heteroatoms. The van der Waals surface area contributed by atoms with Crippen molar-refractivity contribution in [3.05, 3.63) is 121 Å². The van der Waals surface area contributed by atoms with Gasteiger partial charge in [-0.2, -0.15) is 0 Å². The standard InChI is InChI=1S/C32H36Si2/c1(3-17-27-33(29-19-9-5-10-20-29)30-21-11-6-12-22-30)2-4-18-28-34(31-23-13-7-14-24-31)32-25-15-8-16-26-32/h5-16,19-26H,1-4,17-18,27-28H2. The van der Waals surface area contributed by atoms with Crippen LogP contribution in [0.5, 0.6) is 0 Å². The smallest absolute Gasteiger partial charge is 0.0628 e. The van der Waals surface area contributed by atoms with E-state index in [1.165, 1.54) is 50.6 Å². The van der Waals surface area contributed by atoms with E-state index in [4.69, 9.17) is 0 Å². The summed E-state index contributed by atoms with van der Waals surface area (Å²) in [6.45, 7) is 0. The third kappa shape index (κ3) is 7.41. The van der Waals surface area contributed by atoms with Crippen LogP contribution >= 0.6 is 0 Å². The molecular weight excluding hydrogens is 441 g/mol. The molecule has 0 saturated carbocycles. The first-order chi connectivity index (χ1) is 16.9. The molecule has 34 heavy (non-hydrogen) atoms. The van der Waals surface area contributed by atoms with E-state index in [1.54, 1.807) is 20.7 Å². The average Bonchev–Trinajstić information content (AvgIpc) is 2.92. The first-order valence-corrected chi connectivity index (χ1v) is 16.3. The quantitative estimate of drug-likeness (QED) is 0.165. The number of hydrogen-bond acceptors (Lipinski definition) is 0. The van der Waals surface area contributed by atoms with Crippen molar-refractivity contribution in [3.8, 4) is 0 Å². The van der Waals surface area contributed by atoms with Crippen molar-refractivity contribution in [2.24, 2.45) is 0 Å². The van der Waals surface area contributed by atoms with Crippen LogP contribution in [0.15, 0.2) is 121 Å². The molecule has 0 unspecified atom stereocenters. The van der Waals surface area contributed by atoms with Gasteiger partial charge in [0.15, 0.2) is 0 Å². The highest BCUT2D eigenvalue weighted by molar-refractivity contribution is 6.85. The molecule has 0 aromatic heterocycles. The number of unbranched alkanes of at least 4 members (excludes halogenated alkanes) is 5. The van der Waals surface area contributed by atoms with Gasteiger partial charge in [-0.25, -0.2) is 0 Å². The van der Waals surface area contributed by atoms with Crippen molar-refractivity contribution in [1.29, 1.82) is 0 Å². The summed E-state index contributed by atoms with van der Waals surface area (Å²) in [6, 6.07) is 47.5. The minimum Gasteiger partial charge on any atom is -0.0628 e. The molecular formula is C32H36Si2. The van der Waals surface area contributed by atoms with E-state index < -0.39 is 17.6 Å². The maximum absolute atomic E-state index is 2.33. The van der Waals surface area contributed by atoms with E-state index in [2.05, 4.69) is 121 Å². The topological polar surface area (TPSA) is 0 Å². The van der Waals surface area contributed by atoms with E-state index in [-0.39, 0.29) is 0 Å². The minimum atomic E-state index is -0.665. The molecule has 0 bridgehead atoms. The van der Waals surface area contributed by atoms with Gasteiger partial charge >= 0.3 is 0 Å². The highest BCUT2D eigenvalue weighted by Gasteiger charge is 2.17. The van der Waals surface area contributed by atoms with Crippen LogP contribution in [-0.4, -0.2) is 17.6 Å². The monoisotopic (exact) mass is 476 g/mol. The first kappa shape index (κ1) is 24.4. The SMILES string of the molecule is c1ccc([Si](CCCCCCCC[Si](c2ccccc2)c2ccccc2)c2ccccc2)cc1. The van der Waals surface area contributed by atoms with Gasteiger partial charge in [-0.15, -0.1) is 0 Å². The highest BCUT2D eigenvalue weighted by Crippen LogP contribution is 2.12. The van der Waals surface area contributed by atoms with Crippen molar-refractivity contribution in [3.63, 3.8) is 0 Å². The van der Waals surface area contributed by atoms with Crippen LogP contribution in [0.25, 0.3) is 0 Å². The summed E-state index contributed by atoms with van der Waals surface area (Å²) in [5.41, 5.74) is 0. The van der Waals surface area contributed by atoms with Crippen LogP contribution in [0, 0.1) is 0 Å². The Kier molecular flexibility index (Phi) is 9.98. The van der Waals surface area contributed by atoms with Gasteiger partial charge in [-0.05, 0) is 0 Å². The molecule has 4 aromatic rings. The largest absolute Gasteiger partial charge is 0.121 e. The van der Waals surface area contributed by atoms with Crippen molar-refractivity contribution >= 4 is 38.3 Å². The summed E-state index contributed by atoms with van der Waals surface area (Å²) >= 11 is 0. The Bertz CT molecular complexity index is 881. The van der Waals surface area contributed by atoms with Gasteiger partial charge in [0.25, 0.3) is 0 Å². The molecule has 4 rings (SSSR count). The number of hydrogen-bond donors (Lipinski definition) is 0. The van der Waals surface area contributed by atoms with Gasteiger partial charge in [0.2, 0.25) is 0 Å². The molecule has 0 N–H and O–H groups in total. The van der Waals surface area contributed by atoms with Gasteiger partial charge in [-0.1, -0.05) is 193 Å². The minimum absolute atomic E-state index is 0.665. The van der Waals surface area contributed by atoms with Crippen molar-refractivity contribution in [2.75, 3.05) is 0 Å². The average molecular weight is 477 g/mol. The molecule has 0 saturated heterocycles. The fourth-order valence-electron chi connectivity index (χ4n) is 4.78. The molecule has 0 aliphatic rings. The lowest BCUT2D eigenvalue weighted by atomic mass is 10.1. The molecule has 0 atom stereocenters. The Morgan fingerprint density at radius 3 is 0.794 bits per heavy atom. The summed E-state index contributed by atoms with van der Waals surface area (Å²) in [7, 11) is -1.33. The van der Waals surface area contributed by atoms with Crippen LogP contribution in [0.4, 0.5) is 0 Å². The molecule has 0 spiro atoms. The summed E-state index contributed by atoms with van der Waals surface area (Å²) in [5, 5.41) is 6.20. The number of benzene rings is 4. The predicted octanol–water partition coefficient (Wildman–Crippen LogP) is 5.95. The fraction of sp³-hybridized carbons (Fsp3) is 0.250. The van der Waals surface area contributed by atoms with Crippen LogP contribution in [0.2, 0.25) is 12.1 Å². The fourth-order valence-corrected chi connectivity index (χ4v) is 10.2. The highest BCUT2D eigenvalue weighted by atomic mass is 28.3. The van der Waals surface area contributed by atoms with E-state index in [0.717, 1.165) is 0 Å². The van der Waals surface area contributed by atoms with Crippen molar-refractivity contribution in [2.45, 2.75) is 50.6 Å². The second-order valence-corrected chi connectivity index (χ2v) is 14.3. The molecule has 4 aromatic carbocycles. The maximum Gasteiger partial charge on any atom is 0.121 e. The van der Waals surface area contributed by atoms with Crippen LogP contribution < -0.4 is 20.7 Å². The zero-order valence-electron chi connectivity index (χ0n) is 20.2. The van der Waals surface area contributed by atoms with Crippen LogP contribution in [0.3, 0.4) is 0 Å². The second-order valence-electron chi connectivity index (χ2n) is 9.04. The third-order valence-corrected chi connectivity index (χ3v) is 12.4. The van der Waals surface area contributed by atoms with Gasteiger partial charge in [0, 0.05) is 0 Å². The zero-order valence-corrected chi connectivity index (χ0v) is 22.2. The van der Waals surface area contributed by atoms with Gasteiger partial charge < -0.3 is 0 Å². The van der Waals surface area contributed by atoms with Crippen molar-refractivity contribution in [1.82, 2.24) is 0 Å². The summed E-state index contributed by atoms with van der Waals surface area (Å²) < 4.78 is 0. The predicted molar refractivity (Wildman–Crippen MR) is 153 cm³/mol. The summed E-state index contributed by atoms with van der Waals surface area (Å²) in [5.74, 6) is 0. The van der Waals surface area contributed by atoms with Gasteiger partial charge in [0.1, 0.15) is 17.6 Å². The zero-order chi connectivity index (χ0) is 23.3. The van der Waals surface area contributed by atoms with Crippen molar-refractivity contribution < 1.29 is 0 Å². The van der Waals surface area contributed by atoms with E-state index in [9.17, 15) is 0 Å². The second kappa shape index (κ2) is 13.9. The molecule has 2 radical (unpaired) electrons. The molecule has 172 valence electrons. The summed E-state index contributed by atoms with van der Waals surface area (Å²) in [4.78, 5) is 0. The molecule has 0 nitrogen and oxygen atoms in total. The lowest BCUT2D eigenvalue weighted by Crippen LogP contribution is -2.41. The Morgan fingerprint density at radius 1 is 0.294 bits per heavy atom. The molecule has 0 amide bonds. The maximum atomic E-state index is 2.33. The molecule has 0 heterocycles. The van der Waals surface area contributed by atoms with Gasteiger partial charge in [-0.3, -0.25) is 0 Å². The van der Waals surface area contributed by atoms with Gasteiger partial charge in [0.05, 0.1) is 0 Å². The van der Waals surface area contributed by atoms with E-state index in [1.807, 2.05) is 0 Å². The Labute approximate surface area is 209 Å².